The zero-order chi connectivity index (χ0) is 20.1. The Balaban J connectivity index is 1.99. The Morgan fingerprint density at radius 3 is 2.07 bits per heavy atom. The first-order chi connectivity index (χ1) is 12.6. The predicted molar refractivity (Wildman–Crippen MR) is 119 cm³/mol. The Morgan fingerprint density at radius 1 is 0.889 bits per heavy atom. The Morgan fingerprint density at radius 2 is 1.48 bits per heavy atom. The SMILES string of the molecule is C[Si](C)(C)CCOCn1ccnc1-c1ncc(Br)n1COCC[Si](C)(C)C. The molecule has 0 saturated carbocycles. The zero-order valence-corrected chi connectivity index (χ0v) is 21.0. The van der Waals surface area contributed by atoms with E-state index in [-0.39, 0.29) is 0 Å². The first kappa shape index (κ1) is 22.5. The lowest BCUT2D eigenvalue weighted by Crippen LogP contribution is -2.22. The van der Waals surface area contributed by atoms with Gasteiger partial charge in [0.15, 0.2) is 11.6 Å². The molecule has 152 valence electrons. The molecule has 2 rings (SSSR count). The number of halogens is 1. The molecule has 6 nitrogen and oxygen atoms in total. The monoisotopic (exact) mass is 472 g/mol. The van der Waals surface area contributed by atoms with Crippen LogP contribution in [0.4, 0.5) is 0 Å². The summed E-state index contributed by atoms with van der Waals surface area (Å²) in [6.07, 6.45) is 5.52. The van der Waals surface area contributed by atoms with E-state index in [4.69, 9.17) is 9.47 Å². The van der Waals surface area contributed by atoms with Crippen LogP contribution in [0.15, 0.2) is 23.2 Å². The maximum atomic E-state index is 5.91. The van der Waals surface area contributed by atoms with Crippen molar-refractivity contribution in [2.75, 3.05) is 13.2 Å². The van der Waals surface area contributed by atoms with Crippen LogP contribution in [0.3, 0.4) is 0 Å². The van der Waals surface area contributed by atoms with Crippen molar-refractivity contribution in [3.8, 4) is 11.6 Å². The minimum atomic E-state index is -1.09. The second-order valence-corrected chi connectivity index (χ2v) is 21.3. The highest BCUT2D eigenvalue weighted by Gasteiger charge is 2.17. The van der Waals surface area contributed by atoms with E-state index >= 15 is 0 Å². The molecular formula is C18H33BrN4O2Si2. The van der Waals surface area contributed by atoms with Crippen LogP contribution >= 0.6 is 15.9 Å². The van der Waals surface area contributed by atoms with Crippen molar-refractivity contribution in [3.63, 3.8) is 0 Å². The third-order valence-electron chi connectivity index (χ3n) is 4.17. The molecule has 9 heteroatoms. The van der Waals surface area contributed by atoms with E-state index < -0.39 is 16.1 Å². The van der Waals surface area contributed by atoms with Crippen LogP contribution in [-0.4, -0.2) is 48.5 Å². The van der Waals surface area contributed by atoms with Crippen LogP contribution in [0.2, 0.25) is 51.4 Å². The molecule has 0 spiro atoms. The fourth-order valence-corrected chi connectivity index (χ4v) is 4.24. The summed E-state index contributed by atoms with van der Waals surface area (Å²) >= 11 is 3.57. The smallest absolute Gasteiger partial charge is 0.179 e. The molecule has 0 bridgehead atoms. The fraction of sp³-hybridized carbons (Fsp3) is 0.667. The van der Waals surface area contributed by atoms with Gasteiger partial charge in [0.2, 0.25) is 0 Å². The molecular weight excluding hydrogens is 440 g/mol. The quantitative estimate of drug-likeness (QED) is 0.335. The van der Waals surface area contributed by atoms with Gasteiger partial charge in [0.05, 0.1) is 6.20 Å². The van der Waals surface area contributed by atoms with Gasteiger partial charge < -0.3 is 14.0 Å². The molecule has 0 amide bonds. The lowest BCUT2D eigenvalue weighted by Gasteiger charge is -2.17. The van der Waals surface area contributed by atoms with Crippen LogP contribution in [-0.2, 0) is 22.9 Å². The number of nitrogens with zero attached hydrogens (tertiary/aromatic N) is 4. The summed E-state index contributed by atoms with van der Waals surface area (Å²) in [4.78, 5) is 9.02. The largest absolute Gasteiger partial charge is 0.361 e. The number of rotatable bonds is 11. The first-order valence-corrected chi connectivity index (χ1v) is 17.7. The van der Waals surface area contributed by atoms with Crippen molar-refractivity contribution in [3.05, 3.63) is 23.2 Å². The Kier molecular flexibility index (Phi) is 8.05. The van der Waals surface area contributed by atoms with Crippen LogP contribution < -0.4 is 0 Å². The maximum Gasteiger partial charge on any atom is 0.179 e. The maximum absolute atomic E-state index is 5.91. The van der Waals surface area contributed by atoms with Gasteiger partial charge >= 0.3 is 0 Å². The molecule has 0 unspecified atom stereocenters. The standard InChI is InChI=1S/C18H33BrN4O2Si2/c1-26(2,3)11-9-24-14-22-8-7-20-17(22)18-21-13-16(19)23(18)15-25-10-12-27(4,5)6/h7-8,13H,9-12,14-15H2,1-6H3. The summed E-state index contributed by atoms with van der Waals surface area (Å²) in [5, 5.41) is 0. The summed E-state index contributed by atoms with van der Waals surface area (Å²) in [5.74, 6) is 1.58. The highest BCUT2D eigenvalue weighted by atomic mass is 79.9. The first-order valence-electron chi connectivity index (χ1n) is 9.45. The van der Waals surface area contributed by atoms with E-state index in [2.05, 4.69) is 65.2 Å². The topological polar surface area (TPSA) is 54.1 Å². The van der Waals surface area contributed by atoms with Crippen molar-refractivity contribution in [1.82, 2.24) is 19.1 Å². The Bertz CT molecular complexity index is 720. The van der Waals surface area contributed by atoms with Crippen molar-refractivity contribution in [1.29, 1.82) is 0 Å². The average molecular weight is 474 g/mol. The minimum absolute atomic E-state index is 0.462. The summed E-state index contributed by atoms with van der Waals surface area (Å²) in [7, 11) is -2.17. The summed E-state index contributed by atoms with van der Waals surface area (Å²) in [5.41, 5.74) is 0. The average Bonchev–Trinajstić information content (AvgIpc) is 3.13. The van der Waals surface area contributed by atoms with E-state index in [0.29, 0.717) is 13.5 Å². The van der Waals surface area contributed by atoms with Gasteiger partial charge in [0.1, 0.15) is 18.1 Å². The molecule has 0 N–H and O–H groups in total. The molecule has 2 heterocycles. The Labute approximate surface area is 173 Å². The number of hydrogen-bond donors (Lipinski definition) is 0. The highest BCUT2D eigenvalue weighted by Crippen LogP contribution is 2.22. The fourth-order valence-electron chi connectivity index (χ4n) is 2.35. The van der Waals surface area contributed by atoms with Gasteiger partial charge in [-0.1, -0.05) is 39.3 Å². The van der Waals surface area contributed by atoms with Gasteiger partial charge in [-0.25, -0.2) is 9.97 Å². The van der Waals surface area contributed by atoms with Crippen molar-refractivity contribution < 1.29 is 9.47 Å². The number of aromatic nitrogens is 4. The Hall–Kier alpha value is -0.746. The summed E-state index contributed by atoms with van der Waals surface area (Å²) in [6, 6.07) is 2.30. The van der Waals surface area contributed by atoms with E-state index in [1.165, 1.54) is 0 Å². The molecule has 0 atom stereocenters. The van der Waals surface area contributed by atoms with Gasteiger partial charge in [0.25, 0.3) is 0 Å². The van der Waals surface area contributed by atoms with Crippen LogP contribution in [0, 0.1) is 0 Å². The van der Waals surface area contributed by atoms with Crippen LogP contribution in [0.5, 0.6) is 0 Å². The van der Waals surface area contributed by atoms with Crippen LogP contribution in [0.1, 0.15) is 0 Å². The van der Waals surface area contributed by atoms with E-state index in [9.17, 15) is 0 Å². The van der Waals surface area contributed by atoms with Crippen molar-refractivity contribution in [2.45, 2.75) is 64.8 Å². The molecule has 0 fully saturated rings. The second kappa shape index (κ2) is 9.64. The zero-order valence-electron chi connectivity index (χ0n) is 17.5. The lowest BCUT2D eigenvalue weighted by atomic mass is 10.5. The van der Waals surface area contributed by atoms with Crippen LogP contribution in [0.25, 0.3) is 11.6 Å². The molecule has 0 radical (unpaired) electrons. The molecule has 27 heavy (non-hydrogen) atoms. The third kappa shape index (κ3) is 7.65. The van der Waals surface area contributed by atoms with Gasteiger partial charge in [-0.05, 0) is 28.0 Å². The minimum Gasteiger partial charge on any atom is -0.361 e. The summed E-state index contributed by atoms with van der Waals surface area (Å²) in [6.45, 7) is 16.6. The third-order valence-corrected chi connectivity index (χ3v) is 8.21. The van der Waals surface area contributed by atoms with E-state index in [0.717, 1.165) is 41.6 Å². The lowest BCUT2D eigenvalue weighted by molar-refractivity contribution is 0.0837. The van der Waals surface area contributed by atoms with E-state index in [1.54, 1.807) is 12.4 Å². The van der Waals surface area contributed by atoms with Gasteiger partial charge in [0, 0.05) is 41.8 Å². The number of hydrogen-bond acceptors (Lipinski definition) is 4. The molecule has 2 aromatic heterocycles. The van der Waals surface area contributed by atoms with Crippen molar-refractivity contribution >= 4 is 32.1 Å². The van der Waals surface area contributed by atoms with Gasteiger partial charge in [-0.15, -0.1) is 0 Å². The highest BCUT2D eigenvalue weighted by molar-refractivity contribution is 9.10. The number of ether oxygens (including phenoxy) is 2. The molecule has 0 aliphatic heterocycles. The number of imidazole rings is 2. The van der Waals surface area contributed by atoms with E-state index in [1.807, 2.05) is 15.3 Å². The van der Waals surface area contributed by atoms with Crippen molar-refractivity contribution in [2.24, 2.45) is 0 Å². The van der Waals surface area contributed by atoms with Gasteiger partial charge in [-0.3, -0.25) is 4.57 Å². The molecule has 0 aliphatic carbocycles. The molecule has 0 aromatic carbocycles. The normalized spacial score (nSPS) is 12.7. The molecule has 0 saturated heterocycles. The summed E-state index contributed by atoms with van der Waals surface area (Å²) < 4.78 is 16.7. The predicted octanol–water partition coefficient (Wildman–Crippen LogP) is 5.13. The molecule has 0 aliphatic rings. The second-order valence-electron chi connectivity index (χ2n) is 9.25. The molecule has 2 aromatic rings. The van der Waals surface area contributed by atoms with Gasteiger partial charge in [-0.2, -0.15) is 0 Å².